The molecule has 2 amide bonds. The molecule has 1 saturated carbocycles. The topological polar surface area (TPSA) is 78.4 Å². The number of carbonyl (C=O) groups excluding carboxylic acids is 1. The first-order chi connectivity index (χ1) is 8.51. The Bertz CT molecular complexity index is 356. The number of terminal acetylenes is 1. The van der Waals surface area contributed by atoms with Gasteiger partial charge < -0.3 is 15.7 Å². The molecule has 0 radical (unpaired) electrons. The lowest BCUT2D eigenvalue weighted by atomic mass is 9.74. The molecule has 0 aromatic carbocycles. The molecule has 3 N–H and O–H groups in total. The van der Waals surface area contributed by atoms with E-state index in [9.17, 15) is 9.59 Å². The van der Waals surface area contributed by atoms with E-state index in [4.69, 9.17) is 11.5 Å². The maximum absolute atomic E-state index is 11.8. The van der Waals surface area contributed by atoms with Crippen LogP contribution in [0.15, 0.2) is 0 Å². The van der Waals surface area contributed by atoms with Gasteiger partial charge in [-0.15, -0.1) is 6.42 Å². The van der Waals surface area contributed by atoms with E-state index >= 15 is 0 Å². The smallest absolute Gasteiger partial charge is 0.316 e. The first-order valence-electron chi connectivity index (χ1n) is 6.28. The summed E-state index contributed by atoms with van der Waals surface area (Å²) in [5.41, 5.74) is -0.582. The van der Waals surface area contributed by atoms with Crippen LogP contribution in [-0.2, 0) is 4.79 Å². The lowest BCUT2D eigenvalue weighted by Crippen LogP contribution is -2.58. The Morgan fingerprint density at radius 2 is 2.17 bits per heavy atom. The predicted octanol–water partition coefficient (Wildman–Crippen LogP) is 1.48. The van der Waals surface area contributed by atoms with Gasteiger partial charge in [0.25, 0.3) is 0 Å². The van der Waals surface area contributed by atoms with Gasteiger partial charge in [-0.3, -0.25) is 4.79 Å². The van der Waals surface area contributed by atoms with Gasteiger partial charge in [0.05, 0.1) is 18.0 Å². The van der Waals surface area contributed by atoms with Crippen molar-refractivity contribution in [1.82, 2.24) is 10.6 Å². The van der Waals surface area contributed by atoms with Gasteiger partial charge in [-0.05, 0) is 25.7 Å². The van der Waals surface area contributed by atoms with Crippen molar-refractivity contribution in [3.05, 3.63) is 0 Å². The predicted molar refractivity (Wildman–Crippen MR) is 68.0 cm³/mol. The second kappa shape index (κ2) is 6.29. The molecule has 0 aromatic rings. The standard InChI is InChI=1S/C13H20N2O3/c1-3-6-10(4-2)14-12(18)15-13(7-5-8-13)9-11(16)17/h2,10H,3,5-9H2,1H3,(H,16,17)(H2,14,15,18). The molecule has 100 valence electrons. The third-order valence-electron chi connectivity index (χ3n) is 3.26. The second-order valence-electron chi connectivity index (χ2n) is 4.81. The number of nitrogens with one attached hydrogen (secondary N) is 2. The van der Waals surface area contributed by atoms with E-state index in [2.05, 4.69) is 16.6 Å². The molecule has 1 aliphatic rings. The highest BCUT2D eigenvalue weighted by atomic mass is 16.4. The molecule has 1 unspecified atom stereocenters. The summed E-state index contributed by atoms with van der Waals surface area (Å²) < 4.78 is 0. The fourth-order valence-electron chi connectivity index (χ4n) is 2.16. The highest BCUT2D eigenvalue weighted by molar-refractivity contribution is 5.77. The lowest BCUT2D eigenvalue weighted by Gasteiger charge is -2.41. The zero-order valence-corrected chi connectivity index (χ0v) is 10.7. The van der Waals surface area contributed by atoms with E-state index in [1.54, 1.807) is 0 Å². The Kier molecular flexibility index (Phi) is 5.02. The minimum atomic E-state index is -0.892. The summed E-state index contributed by atoms with van der Waals surface area (Å²) >= 11 is 0. The van der Waals surface area contributed by atoms with Crippen LogP contribution in [0.3, 0.4) is 0 Å². The number of hydrogen-bond acceptors (Lipinski definition) is 2. The highest BCUT2D eigenvalue weighted by Crippen LogP contribution is 2.34. The average molecular weight is 252 g/mol. The summed E-state index contributed by atoms with van der Waals surface area (Å²) in [6.45, 7) is 1.99. The molecule has 1 fully saturated rings. The SMILES string of the molecule is C#CC(CCC)NC(=O)NC1(CC(=O)O)CCC1. The van der Waals surface area contributed by atoms with Crippen LogP contribution >= 0.6 is 0 Å². The number of carboxylic acids is 1. The number of carboxylic acid groups (broad SMARTS) is 1. The Morgan fingerprint density at radius 1 is 1.50 bits per heavy atom. The molecule has 1 aliphatic carbocycles. The zero-order chi connectivity index (χ0) is 13.6. The number of aliphatic carboxylic acids is 1. The van der Waals surface area contributed by atoms with Crippen LogP contribution in [0.5, 0.6) is 0 Å². The molecular weight excluding hydrogens is 232 g/mol. The Labute approximate surface area is 107 Å². The maximum atomic E-state index is 11.8. The Morgan fingerprint density at radius 3 is 2.56 bits per heavy atom. The van der Waals surface area contributed by atoms with E-state index in [0.29, 0.717) is 12.8 Å². The first kappa shape index (κ1) is 14.4. The fourth-order valence-corrected chi connectivity index (χ4v) is 2.16. The van der Waals surface area contributed by atoms with E-state index in [1.807, 2.05) is 6.92 Å². The molecule has 0 heterocycles. The van der Waals surface area contributed by atoms with Crippen molar-refractivity contribution in [3.8, 4) is 12.3 Å². The van der Waals surface area contributed by atoms with Gasteiger partial charge >= 0.3 is 12.0 Å². The molecule has 18 heavy (non-hydrogen) atoms. The van der Waals surface area contributed by atoms with E-state index in [-0.39, 0.29) is 18.5 Å². The maximum Gasteiger partial charge on any atom is 0.316 e. The molecule has 0 bridgehead atoms. The monoisotopic (exact) mass is 252 g/mol. The van der Waals surface area contributed by atoms with E-state index < -0.39 is 11.5 Å². The summed E-state index contributed by atoms with van der Waals surface area (Å²) in [6.07, 6.45) is 9.25. The summed E-state index contributed by atoms with van der Waals surface area (Å²) in [4.78, 5) is 22.5. The fraction of sp³-hybridized carbons (Fsp3) is 0.692. The van der Waals surface area contributed by atoms with E-state index in [1.165, 1.54) is 0 Å². The summed E-state index contributed by atoms with van der Waals surface area (Å²) in [7, 11) is 0. The zero-order valence-electron chi connectivity index (χ0n) is 10.7. The average Bonchev–Trinajstić information content (AvgIpc) is 2.24. The highest BCUT2D eigenvalue weighted by Gasteiger charge is 2.40. The van der Waals surface area contributed by atoms with Gasteiger partial charge in [0.2, 0.25) is 0 Å². The number of amides is 2. The Hall–Kier alpha value is -1.70. The van der Waals surface area contributed by atoms with Crippen LogP contribution in [0.25, 0.3) is 0 Å². The molecule has 1 rings (SSSR count). The van der Waals surface area contributed by atoms with Gasteiger partial charge in [0.1, 0.15) is 0 Å². The first-order valence-corrected chi connectivity index (χ1v) is 6.28. The van der Waals surface area contributed by atoms with Crippen LogP contribution in [0.4, 0.5) is 4.79 Å². The third kappa shape index (κ3) is 3.95. The molecular formula is C13H20N2O3. The third-order valence-corrected chi connectivity index (χ3v) is 3.26. The van der Waals surface area contributed by atoms with Crippen molar-refractivity contribution < 1.29 is 14.7 Å². The number of hydrogen-bond donors (Lipinski definition) is 3. The molecule has 5 heteroatoms. The molecule has 1 atom stereocenters. The van der Waals surface area contributed by atoms with Crippen molar-refractivity contribution in [1.29, 1.82) is 0 Å². The summed E-state index contributed by atoms with van der Waals surface area (Å²) in [5, 5.41) is 14.3. The van der Waals surface area contributed by atoms with Gasteiger partial charge in [0, 0.05) is 0 Å². The van der Waals surface area contributed by atoms with Gasteiger partial charge in [0.15, 0.2) is 0 Å². The molecule has 0 aliphatic heterocycles. The van der Waals surface area contributed by atoms with Gasteiger partial charge in [-0.1, -0.05) is 19.3 Å². The quantitative estimate of drug-likeness (QED) is 0.627. The number of urea groups is 1. The lowest BCUT2D eigenvalue weighted by molar-refractivity contribution is -0.139. The van der Waals surface area contributed by atoms with Crippen molar-refractivity contribution >= 4 is 12.0 Å². The molecule has 0 saturated heterocycles. The van der Waals surface area contributed by atoms with Crippen LogP contribution < -0.4 is 10.6 Å². The number of rotatable bonds is 6. The van der Waals surface area contributed by atoms with Crippen molar-refractivity contribution in [2.24, 2.45) is 0 Å². The Balaban J connectivity index is 2.47. The van der Waals surface area contributed by atoms with Crippen molar-refractivity contribution in [2.45, 2.75) is 57.0 Å². The van der Waals surface area contributed by atoms with E-state index in [0.717, 1.165) is 19.3 Å². The minimum absolute atomic E-state index is 0.0328. The second-order valence-corrected chi connectivity index (χ2v) is 4.81. The van der Waals surface area contributed by atoms with Crippen LogP contribution in [-0.4, -0.2) is 28.7 Å². The molecule has 0 aromatic heterocycles. The van der Waals surface area contributed by atoms with Gasteiger partial charge in [-0.25, -0.2) is 4.79 Å². The molecule has 0 spiro atoms. The summed E-state index contributed by atoms with van der Waals surface area (Å²) in [5.74, 6) is 1.62. The van der Waals surface area contributed by atoms with Crippen LogP contribution in [0.2, 0.25) is 0 Å². The van der Waals surface area contributed by atoms with Crippen LogP contribution in [0.1, 0.15) is 45.4 Å². The summed E-state index contributed by atoms with van der Waals surface area (Å²) in [6, 6.07) is -0.663. The molecule has 5 nitrogen and oxygen atoms in total. The normalized spacial score (nSPS) is 18.0. The van der Waals surface area contributed by atoms with Crippen molar-refractivity contribution in [2.75, 3.05) is 0 Å². The number of carbonyl (C=O) groups is 2. The van der Waals surface area contributed by atoms with Gasteiger partial charge in [-0.2, -0.15) is 0 Å². The van der Waals surface area contributed by atoms with Crippen LogP contribution in [0, 0.1) is 12.3 Å². The minimum Gasteiger partial charge on any atom is -0.481 e. The van der Waals surface area contributed by atoms with Crippen molar-refractivity contribution in [3.63, 3.8) is 0 Å². The largest absolute Gasteiger partial charge is 0.481 e.